The molecule has 0 aliphatic heterocycles. The lowest BCUT2D eigenvalue weighted by atomic mass is 10.0. The topological polar surface area (TPSA) is 103 Å². The van der Waals surface area contributed by atoms with Gasteiger partial charge in [0.15, 0.2) is 0 Å². The highest BCUT2D eigenvalue weighted by Gasteiger charge is 2.15. The molecule has 0 aliphatic carbocycles. The average Bonchev–Trinajstić information content (AvgIpc) is 3.22. The van der Waals surface area contributed by atoms with Crippen molar-refractivity contribution in [1.82, 2.24) is 4.57 Å². The number of hydrazone groups is 1. The zero-order valence-corrected chi connectivity index (χ0v) is 18.5. The molecule has 0 bridgehead atoms. The molecular weight excluding hydrogens is 420 g/mol. The van der Waals surface area contributed by atoms with Crippen molar-refractivity contribution in [1.29, 1.82) is 0 Å². The molecule has 0 radical (unpaired) electrons. The third kappa shape index (κ3) is 4.80. The van der Waals surface area contributed by atoms with Crippen LogP contribution < -0.4 is 11.0 Å². The molecule has 7 heteroatoms. The first-order valence-corrected chi connectivity index (χ1v) is 11.6. The zero-order valence-electron chi connectivity index (χ0n) is 17.6. The number of sulfonamides is 1. The smallest absolute Gasteiger partial charge is 0.238 e. The van der Waals surface area contributed by atoms with Gasteiger partial charge in [0, 0.05) is 24.5 Å². The Labute approximate surface area is 187 Å². The molecular formula is C25H24N4O2S. The van der Waals surface area contributed by atoms with Crippen molar-refractivity contribution >= 4 is 16.2 Å². The Morgan fingerprint density at radius 1 is 0.938 bits per heavy atom. The molecule has 6 nitrogen and oxygen atoms in total. The molecule has 0 saturated carbocycles. The summed E-state index contributed by atoms with van der Waals surface area (Å²) in [5.41, 5.74) is 6.61. The van der Waals surface area contributed by atoms with Crippen LogP contribution in [0.15, 0.2) is 95.2 Å². The minimum Gasteiger partial charge on any atom is -0.349 e. The number of nitrogens with zero attached hydrogens (tertiary/aromatic N) is 2. The van der Waals surface area contributed by atoms with Crippen molar-refractivity contribution in [3.05, 3.63) is 102 Å². The van der Waals surface area contributed by atoms with E-state index in [1.807, 2.05) is 55.6 Å². The fraction of sp³-hybridized carbons (Fsp3) is 0.0800. The van der Waals surface area contributed by atoms with Crippen LogP contribution in [0.3, 0.4) is 0 Å². The summed E-state index contributed by atoms with van der Waals surface area (Å²) >= 11 is 0. The summed E-state index contributed by atoms with van der Waals surface area (Å²) in [5, 5.41) is 8.99. The molecule has 4 aromatic rings. The molecule has 0 saturated heterocycles. The van der Waals surface area contributed by atoms with Gasteiger partial charge in [-0.15, -0.1) is 0 Å². The number of primary sulfonamides is 1. The average molecular weight is 445 g/mol. The molecule has 3 aromatic carbocycles. The van der Waals surface area contributed by atoms with Crippen LogP contribution in [0.5, 0.6) is 0 Å². The zero-order chi connectivity index (χ0) is 22.7. The lowest BCUT2D eigenvalue weighted by Gasteiger charge is -2.10. The van der Waals surface area contributed by atoms with E-state index in [0.717, 1.165) is 39.9 Å². The van der Waals surface area contributed by atoms with E-state index < -0.39 is 10.0 Å². The fourth-order valence-corrected chi connectivity index (χ4v) is 4.48. The Bertz CT molecular complexity index is 1390. The molecule has 162 valence electrons. The molecule has 0 fully saturated rings. The summed E-state index contributed by atoms with van der Waals surface area (Å²) in [4.78, 5) is 0.129. The molecule has 1 heterocycles. The Kier molecular flexibility index (Phi) is 5.94. The second kappa shape index (κ2) is 8.82. The summed E-state index contributed by atoms with van der Waals surface area (Å²) in [7, 11) is -3.81. The van der Waals surface area contributed by atoms with Crippen LogP contribution in [0.4, 0.5) is 0 Å². The van der Waals surface area contributed by atoms with Gasteiger partial charge in [-0.25, -0.2) is 13.6 Å². The maximum atomic E-state index is 12.0. The summed E-state index contributed by atoms with van der Waals surface area (Å²) in [6.07, 6.45) is 5.75. The molecule has 0 spiro atoms. The number of benzene rings is 3. The summed E-state index contributed by atoms with van der Waals surface area (Å²) < 4.78 is 26.1. The van der Waals surface area contributed by atoms with Gasteiger partial charge in [-0.05, 0) is 52.9 Å². The van der Waals surface area contributed by atoms with E-state index in [4.69, 9.17) is 11.0 Å². The number of rotatable bonds is 6. The first-order valence-electron chi connectivity index (χ1n) is 10.1. The fourth-order valence-electron chi connectivity index (χ4n) is 3.74. The van der Waals surface area contributed by atoms with Crippen LogP contribution in [0, 0.1) is 6.92 Å². The van der Waals surface area contributed by atoms with E-state index in [2.05, 4.69) is 34.1 Å². The number of aromatic nitrogens is 1. The van der Waals surface area contributed by atoms with Gasteiger partial charge in [-0.3, -0.25) is 0 Å². The number of nitrogens with two attached hydrogens (primary N) is 2. The number of hydrogen-bond acceptors (Lipinski definition) is 4. The largest absolute Gasteiger partial charge is 0.349 e. The van der Waals surface area contributed by atoms with Crippen molar-refractivity contribution in [2.24, 2.45) is 16.1 Å². The van der Waals surface area contributed by atoms with Crippen LogP contribution in [0.1, 0.15) is 16.7 Å². The predicted molar refractivity (Wildman–Crippen MR) is 129 cm³/mol. The molecule has 0 atom stereocenters. The third-order valence-corrected chi connectivity index (χ3v) is 6.23. The maximum Gasteiger partial charge on any atom is 0.238 e. The summed E-state index contributed by atoms with van der Waals surface area (Å²) in [5.74, 6) is 5.24. The van der Waals surface area contributed by atoms with Gasteiger partial charge in [-0.1, -0.05) is 60.2 Å². The van der Waals surface area contributed by atoms with Crippen molar-refractivity contribution in [2.75, 3.05) is 0 Å². The normalized spacial score (nSPS) is 11.8. The highest BCUT2D eigenvalue weighted by molar-refractivity contribution is 7.89. The Hall–Kier alpha value is -3.68. The van der Waals surface area contributed by atoms with E-state index >= 15 is 0 Å². The quantitative estimate of drug-likeness (QED) is 0.266. The number of aryl methyl sites for hydroxylation is 1. The predicted octanol–water partition coefficient (Wildman–Crippen LogP) is 4.12. The van der Waals surface area contributed by atoms with Gasteiger partial charge in [0.05, 0.1) is 11.1 Å². The third-order valence-electron chi connectivity index (χ3n) is 5.26. The second-order valence-corrected chi connectivity index (χ2v) is 9.25. The van der Waals surface area contributed by atoms with Crippen LogP contribution >= 0.6 is 0 Å². The molecule has 0 aliphatic rings. The SMILES string of the molecule is Cc1ccc(S(N)(=O)=O)c(-c2ccc(-c3ccn(Cc4cccc(C=NN)c4)c3)cc2)c1. The summed E-state index contributed by atoms with van der Waals surface area (Å²) in [6.45, 7) is 2.65. The van der Waals surface area contributed by atoms with Crippen molar-refractivity contribution in [2.45, 2.75) is 18.4 Å². The Balaban J connectivity index is 1.58. The van der Waals surface area contributed by atoms with Gasteiger partial charge >= 0.3 is 0 Å². The minimum absolute atomic E-state index is 0.129. The van der Waals surface area contributed by atoms with Crippen LogP contribution in [-0.4, -0.2) is 19.2 Å². The summed E-state index contributed by atoms with van der Waals surface area (Å²) in [6, 6.07) is 23.1. The van der Waals surface area contributed by atoms with Crippen LogP contribution in [0.25, 0.3) is 22.3 Å². The minimum atomic E-state index is -3.81. The highest BCUT2D eigenvalue weighted by atomic mass is 32.2. The molecule has 0 unspecified atom stereocenters. The van der Waals surface area contributed by atoms with Crippen molar-refractivity contribution < 1.29 is 8.42 Å². The van der Waals surface area contributed by atoms with Crippen molar-refractivity contribution in [3.8, 4) is 22.3 Å². The van der Waals surface area contributed by atoms with Crippen LogP contribution in [0.2, 0.25) is 0 Å². The second-order valence-electron chi connectivity index (χ2n) is 7.72. The van der Waals surface area contributed by atoms with E-state index in [1.165, 1.54) is 0 Å². The van der Waals surface area contributed by atoms with Gasteiger partial charge in [0.25, 0.3) is 0 Å². The monoisotopic (exact) mass is 444 g/mol. The Morgan fingerprint density at radius 3 is 2.41 bits per heavy atom. The van der Waals surface area contributed by atoms with E-state index in [0.29, 0.717) is 5.56 Å². The Morgan fingerprint density at radius 2 is 1.69 bits per heavy atom. The first kappa shape index (κ1) is 21.5. The molecule has 4 N–H and O–H groups in total. The van der Waals surface area contributed by atoms with Gasteiger partial charge in [0.2, 0.25) is 10.0 Å². The van der Waals surface area contributed by atoms with E-state index in [9.17, 15) is 8.42 Å². The van der Waals surface area contributed by atoms with Crippen molar-refractivity contribution in [3.63, 3.8) is 0 Å². The number of hydrogen-bond donors (Lipinski definition) is 2. The van der Waals surface area contributed by atoms with Gasteiger partial charge in [-0.2, -0.15) is 5.10 Å². The molecule has 0 amide bonds. The van der Waals surface area contributed by atoms with Gasteiger partial charge < -0.3 is 10.4 Å². The first-order chi connectivity index (χ1) is 15.3. The maximum absolute atomic E-state index is 12.0. The van der Waals surface area contributed by atoms with E-state index in [1.54, 1.807) is 18.3 Å². The van der Waals surface area contributed by atoms with Crippen LogP contribution in [-0.2, 0) is 16.6 Å². The molecule has 32 heavy (non-hydrogen) atoms. The molecule has 1 aromatic heterocycles. The standard InChI is InChI=1S/C25H24N4O2S/c1-18-5-10-25(32(27,30)31)24(13-18)22-8-6-21(7-9-22)23-11-12-29(17-23)16-20-4-2-3-19(14-20)15-28-26/h2-15,17H,16,26H2,1H3,(H2,27,30,31). The van der Waals surface area contributed by atoms with Gasteiger partial charge in [0.1, 0.15) is 0 Å². The lowest BCUT2D eigenvalue weighted by molar-refractivity contribution is 0.598. The van der Waals surface area contributed by atoms with E-state index in [-0.39, 0.29) is 4.90 Å². The lowest BCUT2D eigenvalue weighted by Crippen LogP contribution is -2.13. The molecule has 4 rings (SSSR count). The highest BCUT2D eigenvalue weighted by Crippen LogP contribution is 2.30.